The second-order valence-corrected chi connectivity index (χ2v) is 8.49. The highest BCUT2D eigenvalue weighted by atomic mass is 16.2. The van der Waals surface area contributed by atoms with Gasteiger partial charge in [0.2, 0.25) is 5.91 Å². The molecule has 2 aromatic rings. The molecule has 0 radical (unpaired) electrons. The van der Waals surface area contributed by atoms with Gasteiger partial charge in [-0.2, -0.15) is 0 Å². The Balaban J connectivity index is 1.35. The summed E-state index contributed by atoms with van der Waals surface area (Å²) in [6.07, 6.45) is 4.44. The molecular weight excluding hydrogens is 398 g/mol. The quantitative estimate of drug-likeness (QED) is 0.468. The van der Waals surface area contributed by atoms with E-state index in [0.29, 0.717) is 32.0 Å². The van der Waals surface area contributed by atoms with Crippen molar-refractivity contribution in [3.63, 3.8) is 0 Å². The number of carbonyl (C=O) groups is 1. The maximum atomic E-state index is 12.4. The van der Waals surface area contributed by atoms with Crippen molar-refractivity contribution in [3.05, 3.63) is 71.3 Å². The molecule has 3 rings (SSSR count). The van der Waals surface area contributed by atoms with Gasteiger partial charge in [0.15, 0.2) is 5.96 Å². The van der Waals surface area contributed by atoms with Gasteiger partial charge in [-0.1, -0.05) is 61.0 Å². The third-order valence-electron chi connectivity index (χ3n) is 5.88. The molecule has 0 atom stereocenters. The highest BCUT2D eigenvalue weighted by Crippen LogP contribution is 2.13. The minimum atomic E-state index is 0.112. The predicted octanol–water partition coefficient (Wildman–Crippen LogP) is 3.39. The molecule has 1 amide bonds. The van der Waals surface area contributed by atoms with Crippen molar-refractivity contribution < 1.29 is 4.79 Å². The third kappa shape index (κ3) is 8.00. The maximum absolute atomic E-state index is 12.4. The topological polar surface area (TPSA) is 60.0 Å². The number of likely N-dealkylation sites (tertiary alicyclic amines) is 1. The van der Waals surface area contributed by atoms with Crippen LogP contribution in [0.15, 0.2) is 59.6 Å². The van der Waals surface area contributed by atoms with Crippen LogP contribution in [0.1, 0.15) is 42.4 Å². The van der Waals surface area contributed by atoms with Gasteiger partial charge < -0.3 is 15.5 Å². The molecule has 0 spiro atoms. The number of guanidine groups is 1. The van der Waals surface area contributed by atoms with Crippen molar-refractivity contribution in [2.45, 2.75) is 45.3 Å². The van der Waals surface area contributed by atoms with E-state index in [0.717, 1.165) is 12.1 Å². The lowest BCUT2D eigenvalue weighted by Crippen LogP contribution is -2.39. The van der Waals surface area contributed by atoms with Crippen LogP contribution in [-0.4, -0.2) is 55.4 Å². The van der Waals surface area contributed by atoms with Gasteiger partial charge in [-0.3, -0.25) is 14.7 Å². The first-order valence-corrected chi connectivity index (χ1v) is 11.7. The molecular formula is C26H37N5O. The molecule has 1 fully saturated rings. The Labute approximate surface area is 192 Å². The number of hydrogen-bond acceptors (Lipinski definition) is 3. The van der Waals surface area contributed by atoms with Gasteiger partial charge in [-0.25, -0.2) is 0 Å². The Morgan fingerprint density at radius 1 is 0.938 bits per heavy atom. The average molecular weight is 436 g/mol. The minimum Gasteiger partial charge on any atom is -0.356 e. The zero-order chi connectivity index (χ0) is 22.6. The van der Waals surface area contributed by atoms with E-state index >= 15 is 0 Å². The van der Waals surface area contributed by atoms with E-state index in [2.05, 4.69) is 44.8 Å². The fourth-order valence-corrected chi connectivity index (χ4v) is 3.97. The predicted molar refractivity (Wildman–Crippen MR) is 131 cm³/mol. The Morgan fingerprint density at radius 3 is 2.31 bits per heavy atom. The molecule has 0 bridgehead atoms. The van der Waals surface area contributed by atoms with Gasteiger partial charge >= 0.3 is 0 Å². The van der Waals surface area contributed by atoms with Gasteiger partial charge in [0.25, 0.3) is 0 Å². The van der Waals surface area contributed by atoms with E-state index < -0.39 is 0 Å². The summed E-state index contributed by atoms with van der Waals surface area (Å²) in [6.45, 7) is 5.35. The molecule has 1 aliphatic heterocycles. The van der Waals surface area contributed by atoms with Crippen LogP contribution in [-0.2, 0) is 24.4 Å². The maximum Gasteiger partial charge on any atom is 0.224 e. The number of nitrogens with one attached hydrogen (secondary N) is 2. The van der Waals surface area contributed by atoms with Crippen molar-refractivity contribution in [1.82, 2.24) is 20.4 Å². The number of nitrogens with zero attached hydrogens (tertiary/aromatic N) is 3. The molecule has 1 heterocycles. The van der Waals surface area contributed by atoms with Crippen LogP contribution in [0.4, 0.5) is 0 Å². The fourth-order valence-electron chi connectivity index (χ4n) is 3.97. The Kier molecular flexibility index (Phi) is 9.57. The van der Waals surface area contributed by atoms with Crippen LogP contribution in [0.25, 0.3) is 0 Å². The number of hydrogen-bond donors (Lipinski definition) is 2. The van der Waals surface area contributed by atoms with E-state index in [1.807, 2.05) is 37.4 Å². The number of amides is 1. The van der Waals surface area contributed by atoms with Gasteiger partial charge in [0.1, 0.15) is 0 Å². The van der Waals surface area contributed by atoms with Gasteiger partial charge in [0.05, 0.1) is 0 Å². The van der Waals surface area contributed by atoms with Crippen molar-refractivity contribution in [1.29, 1.82) is 0 Å². The molecule has 1 saturated heterocycles. The Bertz CT molecular complexity index is 844. The summed E-state index contributed by atoms with van der Waals surface area (Å²) in [5, 5.41) is 6.57. The van der Waals surface area contributed by atoms with Crippen molar-refractivity contribution in [3.8, 4) is 0 Å². The van der Waals surface area contributed by atoms with E-state index in [1.54, 1.807) is 11.9 Å². The normalized spacial score (nSPS) is 14.8. The number of aliphatic imine (C=N–C) groups is 1. The molecule has 32 heavy (non-hydrogen) atoms. The lowest BCUT2D eigenvalue weighted by molar-refractivity contribution is -0.130. The summed E-state index contributed by atoms with van der Waals surface area (Å²) in [5.41, 5.74) is 3.72. The van der Waals surface area contributed by atoms with Gasteiger partial charge in [-0.15, -0.1) is 0 Å². The Hall–Kier alpha value is -2.86. The van der Waals surface area contributed by atoms with E-state index in [4.69, 9.17) is 0 Å². The molecule has 6 nitrogen and oxygen atoms in total. The van der Waals surface area contributed by atoms with Crippen LogP contribution in [0.5, 0.6) is 0 Å². The number of piperidine rings is 1. The highest BCUT2D eigenvalue weighted by Gasteiger charge is 2.11. The molecule has 2 N–H and O–H groups in total. The van der Waals surface area contributed by atoms with E-state index in [-0.39, 0.29) is 5.91 Å². The Morgan fingerprint density at radius 2 is 1.62 bits per heavy atom. The fraction of sp³-hybridized carbons (Fsp3) is 0.462. The summed E-state index contributed by atoms with van der Waals surface area (Å²) in [6, 6.07) is 18.9. The first kappa shape index (κ1) is 23.8. The van der Waals surface area contributed by atoms with Crippen molar-refractivity contribution >= 4 is 11.9 Å². The second kappa shape index (κ2) is 12.9. The summed E-state index contributed by atoms with van der Waals surface area (Å²) in [7, 11) is 3.59. The molecule has 2 aromatic carbocycles. The van der Waals surface area contributed by atoms with Crippen LogP contribution in [0.2, 0.25) is 0 Å². The average Bonchev–Trinajstić information content (AvgIpc) is 2.83. The molecule has 0 saturated carbocycles. The van der Waals surface area contributed by atoms with Crippen LogP contribution in [0.3, 0.4) is 0 Å². The summed E-state index contributed by atoms with van der Waals surface area (Å²) >= 11 is 0. The first-order chi connectivity index (χ1) is 15.6. The molecule has 0 aromatic heterocycles. The minimum absolute atomic E-state index is 0.112. The summed E-state index contributed by atoms with van der Waals surface area (Å²) in [5.74, 6) is 0.821. The lowest BCUT2D eigenvalue weighted by atomic mass is 10.1. The smallest absolute Gasteiger partial charge is 0.224 e. The largest absolute Gasteiger partial charge is 0.356 e. The lowest BCUT2D eigenvalue weighted by Gasteiger charge is -2.26. The summed E-state index contributed by atoms with van der Waals surface area (Å²) < 4.78 is 0. The monoisotopic (exact) mass is 435 g/mol. The SMILES string of the molecule is CN=C(NCCC(=O)N(C)Cc1ccccc1)NCc1ccc(CN2CCCCC2)cc1. The standard InChI is InChI=1S/C26H37N5O/c1-27-26(28-16-15-25(32)30(2)20-23-9-5-3-6-10-23)29-19-22-11-13-24(14-12-22)21-31-17-7-4-8-18-31/h3,5-6,9-14H,4,7-8,15-21H2,1-2H3,(H2,27,28,29). The van der Waals surface area contributed by atoms with Crippen molar-refractivity contribution in [2.75, 3.05) is 33.7 Å². The van der Waals surface area contributed by atoms with E-state index in [9.17, 15) is 4.79 Å². The molecule has 172 valence electrons. The zero-order valence-corrected chi connectivity index (χ0v) is 19.5. The number of carbonyl (C=O) groups excluding carboxylic acids is 1. The van der Waals surface area contributed by atoms with Crippen LogP contribution in [0, 0.1) is 0 Å². The first-order valence-electron chi connectivity index (χ1n) is 11.7. The summed E-state index contributed by atoms with van der Waals surface area (Å²) in [4.78, 5) is 21.0. The van der Waals surface area contributed by atoms with Crippen LogP contribution < -0.4 is 10.6 Å². The second-order valence-electron chi connectivity index (χ2n) is 8.49. The molecule has 0 aliphatic carbocycles. The van der Waals surface area contributed by atoms with Gasteiger partial charge in [0, 0.05) is 46.7 Å². The number of rotatable bonds is 9. The third-order valence-corrected chi connectivity index (χ3v) is 5.88. The molecule has 1 aliphatic rings. The highest BCUT2D eigenvalue weighted by molar-refractivity contribution is 5.81. The van der Waals surface area contributed by atoms with E-state index in [1.165, 1.54) is 43.5 Å². The molecule has 0 unspecified atom stereocenters. The molecule has 6 heteroatoms. The van der Waals surface area contributed by atoms with Crippen molar-refractivity contribution in [2.24, 2.45) is 4.99 Å². The van der Waals surface area contributed by atoms with Crippen LogP contribution >= 0.6 is 0 Å². The van der Waals surface area contributed by atoms with Gasteiger partial charge in [-0.05, 0) is 42.6 Å². The number of benzene rings is 2. The zero-order valence-electron chi connectivity index (χ0n) is 19.5.